The first kappa shape index (κ1) is 17.9. The van der Waals surface area contributed by atoms with Crippen molar-refractivity contribution in [2.24, 2.45) is 0 Å². The van der Waals surface area contributed by atoms with Crippen LogP contribution in [0.5, 0.6) is 0 Å². The molecule has 6 nitrogen and oxygen atoms in total. The van der Waals surface area contributed by atoms with Crippen LogP contribution in [-0.4, -0.2) is 42.6 Å². The van der Waals surface area contributed by atoms with E-state index in [1.807, 2.05) is 6.07 Å². The first-order chi connectivity index (χ1) is 11.5. The largest absolute Gasteiger partial charge is 0.463 e. The zero-order valence-corrected chi connectivity index (χ0v) is 13.6. The van der Waals surface area contributed by atoms with Crippen LogP contribution in [0, 0.1) is 0 Å². The van der Waals surface area contributed by atoms with Crippen molar-refractivity contribution in [3.05, 3.63) is 48.0 Å². The summed E-state index contributed by atoms with van der Waals surface area (Å²) in [6, 6.07) is 8.92. The SMILES string of the molecule is CC(=O)OC[C@H]1O[C@H](CC(=O)c2ccccc2)C=C[C@H]1OC(C)=O. The number of esters is 2. The molecule has 1 aromatic carbocycles. The second-order valence-corrected chi connectivity index (χ2v) is 5.47. The van der Waals surface area contributed by atoms with Gasteiger partial charge in [-0.05, 0) is 6.08 Å². The predicted molar refractivity (Wildman–Crippen MR) is 85.4 cm³/mol. The maximum atomic E-state index is 12.3. The molecule has 0 spiro atoms. The number of ether oxygens (including phenoxy) is 3. The highest BCUT2D eigenvalue weighted by Gasteiger charge is 2.31. The van der Waals surface area contributed by atoms with Gasteiger partial charge < -0.3 is 14.2 Å². The highest BCUT2D eigenvalue weighted by molar-refractivity contribution is 5.96. The summed E-state index contributed by atoms with van der Waals surface area (Å²) in [5.41, 5.74) is 0.605. The Hall–Kier alpha value is -2.47. The fourth-order valence-electron chi connectivity index (χ4n) is 2.39. The fraction of sp³-hybridized carbons (Fsp3) is 0.389. The van der Waals surface area contributed by atoms with Crippen LogP contribution < -0.4 is 0 Å². The van der Waals surface area contributed by atoms with Crippen molar-refractivity contribution >= 4 is 17.7 Å². The number of Topliss-reactive ketones (excluding diaryl/α,β-unsaturated/α-hetero) is 1. The van der Waals surface area contributed by atoms with Crippen LogP contribution in [0.4, 0.5) is 0 Å². The highest BCUT2D eigenvalue weighted by atomic mass is 16.6. The van der Waals surface area contributed by atoms with E-state index in [-0.39, 0.29) is 18.8 Å². The van der Waals surface area contributed by atoms with Gasteiger partial charge in [0.15, 0.2) is 5.78 Å². The van der Waals surface area contributed by atoms with Gasteiger partial charge in [-0.15, -0.1) is 0 Å². The number of benzene rings is 1. The Kier molecular flexibility index (Phi) is 6.26. The molecule has 0 aromatic heterocycles. The molecule has 3 atom stereocenters. The summed E-state index contributed by atoms with van der Waals surface area (Å²) in [6.45, 7) is 2.53. The van der Waals surface area contributed by atoms with Crippen molar-refractivity contribution in [3.63, 3.8) is 0 Å². The van der Waals surface area contributed by atoms with E-state index < -0.39 is 30.3 Å². The van der Waals surface area contributed by atoms with Gasteiger partial charge in [-0.25, -0.2) is 0 Å². The Morgan fingerprint density at radius 1 is 1.04 bits per heavy atom. The third kappa shape index (κ3) is 5.31. The van der Waals surface area contributed by atoms with Crippen LogP contribution in [0.3, 0.4) is 0 Å². The molecular weight excluding hydrogens is 312 g/mol. The maximum Gasteiger partial charge on any atom is 0.303 e. The minimum Gasteiger partial charge on any atom is -0.463 e. The Balaban J connectivity index is 2.02. The molecule has 1 heterocycles. The van der Waals surface area contributed by atoms with Gasteiger partial charge in [-0.1, -0.05) is 36.4 Å². The van der Waals surface area contributed by atoms with E-state index in [1.165, 1.54) is 13.8 Å². The second-order valence-electron chi connectivity index (χ2n) is 5.47. The van der Waals surface area contributed by atoms with Gasteiger partial charge >= 0.3 is 11.9 Å². The minimum absolute atomic E-state index is 0.0480. The molecule has 1 aliphatic heterocycles. The lowest BCUT2D eigenvalue weighted by Crippen LogP contribution is -2.41. The lowest BCUT2D eigenvalue weighted by molar-refractivity contribution is -0.163. The van der Waals surface area contributed by atoms with E-state index >= 15 is 0 Å². The summed E-state index contributed by atoms with van der Waals surface area (Å²) in [4.78, 5) is 34.4. The molecule has 0 saturated carbocycles. The first-order valence-corrected chi connectivity index (χ1v) is 7.68. The van der Waals surface area contributed by atoms with E-state index in [0.29, 0.717) is 5.56 Å². The molecule has 0 amide bonds. The molecule has 2 rings (SSSR count). The zero-order chi connectivity index (χ0) is 17.5. The molecule has 0 bridgehead atoms. The standard InChI is InChI=1S/C18H20O6/c1-12(19)22-11-18-17(23-13(2)20)9-8-15(24-18)10-16(21)14-6-4-3-5-7-14/h3-9,15,17-18H,10-11H2,1-2H3/t15-,17+,18+/m0/s1. The Morgan fingerprint density at radius 3 is 2.38 bits per heavy atom. The van der Waals surface area contributed by atoms with Crippen molar-refractivity contribution in [2.75, 3.05) is 6.61 Å². The van der Waals surface area contributed by atoms with Crippen LogP contribution in [0.1, 0.15) is 30.6 Å². The van der Waals surface area contributed by atoms with Crippen LogP contribution in [0.2, 0.25) is 0 Å². The zero-order valence-electron chi connectivity index (χ0n) is 13.6. The number of ketones is 1. The van der Waals surface area contributed by atoms with Crippen LogP contribution in [0.25, 0.3) is 0 Å². The second kappa shape index (κ2) is 8.40. The first-order valence-electron chi connectivity index (χ1n) is 7.68. The van der Waals surface area contributed by atoms with E-state index in [1.54, 1.807) is 36.4 Å². The summed E-state index contributed by atoms with van der Waals surface area (Å²) in [6.07, 6.45) is 1.76. The molecule has 6 heteroatoms. The van der Waals surface area contributed by atoms with Crippen molar-refractivity contribution < 1.29 is 28.6 Å². The molecule has 24 heavy (non-hydrogen) atoms. The normalized spacial score (nSPS) is 22.7. The van der Waals surface area contributed by atoms with Crippen LogP contribution in [0.15, 0.2) is 42.5 Å². The van der Waals surface area contributed by atoms with Crippen molar-refractivity contribution in [1.82, 2.24) is 0 Å². The molecule has 0 fully saturated rings. The Labute approximate surface area is 140 Å². The molecule has 0 aliphatic carbocycles. The molecule has 1 aromatic rings. The average Bonchev–Trinajstić information content (AvgIpc) is 2.55. The Morgan fingerprint density at radius 2 is 1.75 bits per heavy atom. The van der Waals surface area contributed by atoms with E-state index in [9.17, 15) is 14.4 Å². The number of hydrogen-bond donors (Lipinski definition) is 0. The summed E-state index contributed by atoms with van der Waals surface area (Å²) < 4.78 is 15.9. The molecule has 128 valence electrons. The van der Waals surface area contributed by atoms with Crippen molar-refractivity contribution in [1.29, 1.82) is 0 Å². The lowest BCUT2D eigenvalue weighted by Gasteiger charge is -2.31. The van der Waals surface area contributed by atoms with Crippen LogP contribution in [-0.2, 0) is 23.8 Å². The highest BCUT2D eigenvalue weighted by Crippen LogP contribution is 2.20. The number of hydrogen-bond acceptors (Lipinski definition) is 6. The van der Waals surface area contributed by atoms with Crippen LogP contribution >= 0.6 is 0 Å². The quantitative estimate of drug-likeness (QED) is 0.451. The number of carbonyl (C=O) groups excluding carboxylic acids is 3. The van der Waals surface area contributed by atoms with E-state index in [0.717, 1.165) is 0 Å². The molecule has 0 unspecified atom stereocenters. The molecule has 1 aliphatic rings. The summed E-state index contributed by atoms with van der Waals surface area (Å²) in [5, 5.41) is 0. The van der Waals surface area contributed by atoms with Gasteiger partial charge in [0, 0.05) is 25.8 Å². The third-order valence-corrected chi connectivity index (χ3v) is 3.47. The fourth-order valence-corrected chi connectivity index (χ4v) is 2.39. The molecule has 0 saturated heterocycles. The van der Waals surface area contributed by atoms with Gasteiger partial charge in [-0.2, -0.15) is 0 Å². The lowest BCUT2D eigenvalue weighted by atomic mass is 10.0. The summed E-state index contributed by atoms with van der Waals surface area (Å²) in [5.74, 6) is -0.964. The molecule has 0 radical (unpaired) electrons. The van der Waals surface area contributed by atoms with Gasteiger partial charge in [0.1, 0.15) is 18.8 Å². The van der Waals surface area contributed by atoms with Gasteiger partial charge in [0.05, 0.1) is 6.10 Å². The Bertz CT molecular complexity index is 622. The minimum atomic E-state index is -0.648. The third-order valence-electron chi connectivity index (χ3n) is 3.47. The van der Waals surface area contributed by atoms with Crippen molar-refractivity contribution in [3.8, 4) is 0 Å². The maximum absolute atomic E-state index is 12.3. The van der Waals surface area contributed by atoms with Crippen molar-refractivity contribution in [2.45, 2.75) is 38.6 Å². The monoisotopic (exact) mass is 332 g/mol. The smallest absolute Gasteiger partial charge is 0.303 e. The summed E-state index contributed by atoms with van der Waals surface area (Å²) in [7, 11) is 0. The van der Waals surface area contributed by atoms with Gasteiger partial charge in [0.2, 0.25) is 0 Å². The van der Waals surface area contributed by atoms with Gasteiger partial charge in [-0.3, -0.25) is 14.4 Å². The van der Waals surface area contributed by atoms with E-state index in [2.05, 4.69) is 0 Å². The molecular formula is C18H20O6. The summed E-state index contributed by atoms with van der Waals surface area (Å²) >= 11 is 0. The average molecular weight is 332 g/mol. The predicted octanol–water partition coefficient (Wildman–Crippen LogP) is 2.08. The number of rotatable bonds is 6. The molecule has 0 N–H and O–H groups in total. The van der Waals surface area contributed by atoms with Gasteiger partial charge in [0.25, 0.3) is 0 Å². The van der Waals surface area contributed by atoms with E-state index in [4.69, 9.17) is 14.2 Å². The number of carbonyl (C=O) groups is 3. The topological polar surface area (TPSA) is 78.9 Å².